The number of hydrogen-bond acceptors (Lipinski definition) is 6. The summed E-state index contributed by atoms with van der Waals surface area (Å²) in [5, 5.41) is 13.9. The molecular formula is C72H141N2O6P. The van der Waals surface area contributed by atoms with Crippen LogP contribution in [0.3, 0.4) is 0 Å². The van der Waals surface area contributed by atoms with Crippen LogP contribution in [0.5, 0.6) is 0 Å². The van der Waals surface area contributed by atoms with E-state index in [4.69, 9.17) is 9.05 Å². The lowest BCUT2D eigenvalue weighted by atomic mass is 10.0. The van der Waals surface area contributed by atoms with Gasteiger partial charge in [0.2, 0.25) is 5.91 Å². The van der Waals surface area contributed by atoms with E-state index in [1.165, 1.54) is 302 Å². The van der Waals surface area contributed by atoms with Crippen LogP contribution in [0.1, 0.15) is 367 Å². The number of phosphoric acid groups is 1. The summed E-state index contributed by atoms with van der Waals surface area (Å²) in [4.78, 5) is 25.6. The summed E-state index contributed by atoms with van der Waals surface area (Å²) in [5.41, 5.74) is 0. The Morgan fingerprint density at radius 2 is 0.691 bits per heavy atom. The van der Waals surface area contributed by atoms with Gasteiger partial charge in [-0.05, 0) is 44.9 Å². The predicted octanol–water partition coefficient (Wildman–Crippen LogP) is 22.2. The second kappa shape index (κ2) is 63.2. The number of unbranched alkanes of at least 4 members (excludes halogenated alkanes) is 50. The topological polar surface area (TPSA) is 108 Å². The molecule has 3 atom stereocenters. The normalized spacial score (nSPS) is 13.8. The molecule has 2 N–H and O–H groups in total. The van der Waals surface area contributed by atoms with Gasteiger partial charge >= 0.3 is 0 Å². The summed E-state index contributed by atoms with van der Waals surface area (Å²) in [6, 6.07) is -0.910. The zero-order chi connectivity index (χ0) is 59.1. The van der Waals surface area contributed by atoms with Crippen LogP contribution in [0, 0.1) is 0 Å². The maximum Gasteiger partial charge on any atom is 0.268 e. The third-order valence-electron chi connectivity index (χ3n) is 16.6. The van der Waals surface area contributed by atoms with Gasteiger partial charge in [0, 0.05) is 6.42 Å². The number of aliphatic hydroxyl groups is 1. The second-order valence-electron chi connectivity index (χ2n) is 25.9. The minimum Gasteiger partial charge on any atom is -0.756 e. The summed E-state index contributed by atoms with van der Waals surface area (Å²) in [5.74, 6) is -0.203. The zero-order valence-electron chi connectivity index (χ0n) is 55.0. The second-order valence-corrected chi connectivity index (χ2v) is 27.3. The van der Waals surface area contributed by atoms with E-state index >= 15 is 0 Å². The van der Waals surface area contributed by atoms with E-state index in [0.29, 0.717) is 17.4 Å². The van der Waals surface area contributed by atoms with Gasteiger partial charge in [0.05, 0.1) is 39.9 Å². The molecule has 0 rings (SSSR count). The van der Waals surface area contributed by atoms with Crippen molar-refractivity contribution >= 4 is 13.7 Å². The first-order chi connectivity index (χ1) is 39.5. The molecule has 0 aromatic carbocycles. The van der Waals surface area contributed by atoms with Crippen molar-refractivity contribution in [3.63, 3.8) is 0 Å². The van der Waals surface area contributed by atoms with Crippen LogP contribution < -0.4 is 10.2 Å². The zero-order valence-corrected chi connectivity index (χ0v) is 55.9. The largest absolute Gasteiger partial charge is 0.756 e. The molecule has 0 spiro atoms. The van der Waals surface area contributed by atoms with Crippen LogP contribution in [0.4, 0.5) is 0 Å². The van der Waals surface area contributed by atoms with Crippen molar-refractivity contribution in [3.8, 4) is 0 Å². The summed E-state index contributed by atoms with van der Waals surface area (Å²) in [6.45, 7) is 4.68. The Bertz CT molecular complexity index is 1410. The van der Waals surface area contributed by atoms with Gasteiger partial charge in [0.1, 0.15) is 13.2 Å². The average molecular weight is 1160 g/mol. The van der Waals surface area contributed by atoms with Gasteiger partial charge in [0.25, 0.3) is 7.82 Å². The molecule has 0 bridgehead atoms. The quantitative estimate of drug-likeness (QED) is 0.0272. The summed E-state index contributed by atoms with van der Waals surface area (Å²) >= 11 is 0. The number of phosphoric ester groups is 1. The lowest BCUT2D eigenvalue weighted by molar-refractivity contribution is -0.870. The first-order valence-electron chi connectivity index (χ1n) is 35.9. The van der Waals surface area contributed by atoms with Crippen molar-refractivity contribution in [1.29, 1.82) is 0 Å². The first kappa shape index (κ1) is 79.7. The number of nitrogens with one attached hydrogen (secondary N) is 1. The fraction of sp³-hybridized carbons (Fsp3) is 0.903. The molecule has 0 aliphatic carbocycles. The lowest BCUT2D eigenvalue weighted by Gasteiger charge is -2.29. The van der Waals surface area contributed by atoms with Crippen LogP contribution >= 0.6 is 7.82 Å². The molecule has 0 aromatic rings. The molecule has 9 heteroatoms. The van der Waals surface area contributed by atoms with Crippen LogP contribution in [0.2, 0.25) is 0 Å². The number of rotatable bonds is 67. The molecule has 480 valence electrons. The number of allylic oxidation sites excluding steroid dienone is 5. The van der Waals surface area contributed by atoms with Crippen LogP contribution in [0.15, 0.2) is 36.5 Å². The fourth-order valence-electron chi connectivity index (χ4n) is 11.0. The first-order valence-corrected chi connectivity index (χ1v) is 37.3. The van der Waals surface area contributed by atoms with Gasteiger partial charge in [-0.3, -0.25) is 9.36 Å². The van der Waals surface area contributed by atoms with Crippen LogP contribution in [-0.4, -0.2) is 68.5 Å². The smallest absolute Gasteiger partial charge is 0.268 e. The molecule has 0 aliphatic heterocycles. The van der Waals surface area contributed by atoms with Crippen molar-refractivity contribution in [1.82, 2.24) is 5.32 Å². The van der Waals surface area contributed by atoms with Crippen molar-refractivity contribution in [3.05, 3.63) is 36.5 Å². The number of nitrogens with zero attached hydrogens (tertiary/aromatic N) is 1. The van der Waals surface area contributed by atoms with Gasteiger partial charge < -0.3 is 28.8 Å². The Balaban J connectivity index is 4.07. The van der Waals surface area contributed by atoms with E-state index in [1.807, 2.05) is 27.2 Å². The Hall–Kier alpha value is -1.28. The van der Waals surface area contributed by atoms with Gasteiger partial charge in [-0.25, -0.2) is 0 Å². The van der Waals surface area contributed by atoms with Gasteiger partial charge in [0.15, 0.2) is 0 Å². The number of amides is 1. The molecule has 0 fully saturated rings. The van der Waals surface area contributed by atoms with Crippen molar-refractivity contribution in [2.45, 2.75) is 379 Å². The van der Waals surface area contributed by atoms with Gasteiger partial charge in [-0.15, -0.1) is 0 Å². The highest BCUT2D eigenvalue weighted by Gasteiger charge is 2.23. The highest BCUT2D eigenvalue weighted by Crippen LogP contribution is 2.38. The number of hydrogen-bond donors (Lipinski definition) is 2. The van der Waals surface area contributed by atoms with Crippen LogP contribution in [0.25, 0.3) is 0 Å². The molecule has 0 radical (unpaired) electrons. The minimum absolute atomic E-state index is 0.00705. The van der Waals surface area contributed by atoms with Crippen molar-refractivity contribution < 1.29 is 32.9 Å². The molecule has 8 nitrogen and oxygen atoms in total. The lowest BCUT2D eigenvalue weighted by Crippen LogP contribution is -2.45. The average Bonchev–Trinajstić information content (AvgIpc) is 3.43. The standard InChI is InChI=1S/C72H141N2O6P/c1-6-8-10-12-14-16-18-20-22-24-26-28-30-32-34-35-36-37-38-40-42-44-46-48-50-52-54-56-58-60-62-64-66-72(76)73-70(69-80-81(77,78)79-68-67-74(3,4)5)71(75)65-63-61-59-57-55-53-51-49-47-45-43-41-39-33-31-29-27-25-23-21-19-17-15-13-11-9-7-2/h47,49,55,57,63,65,70-71,75H,6-46,48,50-54,56,58-62,64,66-69H2,1-5H3,(H-,73,76,77,78)/b49-47+,57-55+,65-63+. The molecule has 0 heterocycles. The minimum atomic E-state index is -4.61. The van der Waals surface area contributed by atoms with E-state index in [1.54, 1.807) is 6.08 Å². The molecule has 0 saturated heterocycles. The van der Waals surface area contributed by atoms with E-state index in [9.17, 15) is 19.4 Å². The predicted molar refractivity (Wildman–Crippen MR) is 353 cm³/mol. The van der Waals surface area contributed by atoms with Crippen LogP contribution in [-0.2, 0) is 18.4 Å². The third kappa shape index (κ3) is 66.1. The summed E-state index contributed by atoms with van der Waals surface area (Å²) < 4.78 is 23.4. The molecular weight excluding hydrogens is 1020 g/mol. The fourth-order valence-corrected chi connectivity index (χ4v) is 11.7. The number of carbonyl (C=O) groups excluding carboxylic acids is 1. The van der Waals surface area contributed by atoms with Gasteiger partial charge in [-0.1, -0.05) is 352 Å². The van der Waals surface area contributed by atoms with Crippen molar-refractivity contribution in [2.75, 3.05) is 40.9 Å². The summed E-state index contributed by atoms with van der Waals surface area (Å²) in [6.07, 6.45) is 84.3. The maximum absolute atomic E-state index is 13.0. The molecule has 1 amide bonds. The number of carbonyl (C=O) groups is 1. The maximum atomic E-state index is 13.0. The number of quaternary nitrogens is 1. The summed E-state index contributed by atoms with van der Waals surface area (Å²) in [7, 11) is 1.25. The Labute approximate surface area is 506 Å². The molecule has 0 saturated carbocycles. The van der Waals surface area contributed by atoms with E-state index in [2.05, 4.69) is 43.5 Å². The highest BCUT2D eigenvalue weighted by atomic mass is 31.2. The third-order valence-corrected chi connectivity index (χ3v) is 17.5. The van der Waals surface area contributed by atoms with Gasteiger partial charge in [-0.2, -0.15) is 0 Å². The SMILES string of the molecule is CCCCCCCCCCCCCCCCCCC/C=C/CC/C=C/CC/C=C/C(O)C(COP(=O)([O-])OCC[N+](C)(C)C)NC(=O)CCCCCCCCCCCCCCCCCCCCCCCCCCCCCCCCCC. The highest BCUT2D eigenvalue weighted by molar-refractivity contribution is 7.45. The number of aliphatic hydroxyl groups excluding tert-OH is 1. The Morgan fingerprint density at radius 1 is 0.420 bits per heavy atom. The van der Waals surface area contributed by atoms with Crippen molar-refractivity contribution in [2.24, 2.45) is 0 Å². The van der Waals surface area contributed by atoms with E-state index in [0.717, 1.165) is 44.9 Å². The molecule has 3 unspecified atom stereocenters. The van der Waals surface area contributed by atoms with E-state index in [-0.39, 0.29) is 12.5 Å². The molecule has 0 aliphatic rings. The Kier molecular flexibility index (Phi) is 62.2. The molecule has 81 heavy (non-hydrogen) atoms. The Morgan fingerprint density at radius 3 is 1.00 bits per heavy atom. The molecule has 0 aromatic heterocycles. The van der Waals surface area contributed by atoms with E-state index < -0.39 is 26.6 Å². The monoisotopic (exact) mass is 1160 g/mol. The number of likely N-dealkylation sites (N-methyl/N-ethyl adjacent to an activating group) is 1.